The minimum Gasteiger partial charge on any atom is -0.440 e. The minimum atomic E-state index is 0. The predicted octanol–water partition coefficient (Wildman–Crippen LogP) is 0.995. The Morgan fingerprint density at radius 2 is 1.22 bits per heavy atom. The molecule has 0 aromatic heterocycles. The molecule has 0 rings (SSSR count). The third-order valence-electron chi connectivity index (χ3n) is 0.886. The summed E-state index contributed by atoms with van der Waals surface area (Å²) in [6.07, 6.45) is 8.92. The molecule has 100 valence electrons. The van der Waals surface area contributed by atoms with Crippen LogP contribution in [0.4, 0.5) is 0 Å². The van der Waals surface area contributed by atoms with Gasteiger partial charge >= 0.3 is 51.4 Å². The maximum atomic E-state index is 9.17. The largest absolute Gasteiger partial charge is 1.00 e. The van der Waals surface area contributed by atoms with E-state index in [0.717, 1.165) is 12.2 Å². The Kier molecular flexibility index (Phi) is 29.6. The van der Waals surface area contributed by atoms with Crippen LogP contribution in [0.25, 0.3) is 0 Å². The van der Waals surface area contributed by atoms with Crippen molar-refractivity contribution >= 4 is 12.6 Å². The molecule has 3 heteroatoms. The van der Waals surface area contributed by atoms with Crippen LogP contribution in [0.5, 0.6) is 0 Å². The standard InChI is InChI=1S/C7H14.C4H2O2.C4H9.K/c1-5-6-7(2,3)4;5-3-1-2-4-6;1-4(2)3;/h5-6H,1-4H3;1-2H;1-3H3;/q;-2;-1;+1/b6-5+;;;. The van der Waals surface area contributed by atoms with Crippen molar-refractivity contribution in [1.29, 1.82) is 0 Å². The van der Waals surface area contributed by atoms with Crippen LogP contribution in [0.15, 0.2) is 24.3 Å². The first-order valence-corrected chi connectivity index (χ1v) is 5.52. The number of hydrogen-bond acceptors (Lipinski definition) is 2. The van der Waals surface area contributed by atoms with E-state index < -0.39 is 0 Å². The van der Waals surface area contributed by atoms with Crippen molar-refractivity contribution in [2.24, 2.45) is 5.41 Å². The molecule has 0 aromatic rings. The average molecular weight is 276 g/mol. The van der Waals surface area contributed by atoms with Gasteiger partial charge < -0.3 is 27.7 Å². The zero-order valence-electron chi connectivity index (χ0n) is 13.1. The van der Waals surface area contributed by atoms with E-state index in [-0.39, 0.29) is 51.4 Å². The Balaban J connectivity index is -0.0000000823. The molecular weight excluding hydrogens is 251 g/mol. The van der Waals surface area contributed by atoms with Gasteiger partial charge in [0.1, 0.15) is 0 Å². The third-order valence-corrected chi connectivity index (χ3v) is 0.886. The van der Waals surface area contributed by atoms with Crippen molar-refractivity contribution in [2.75, 3.05) is 0 Å². The Hall–Kier alpha value is 0.456. The van der Waals surface area contributed by atoms with E-state index >= 15 is 0 Å². The first kappa shape index (κ1) is 26.9. The van der Waals surface area contributed by atoms with Crippen molar-refractivity contribution < 1.29 is 61.0 Å². The van der Waals surface area contributed by atoms with Gasteiger partial charge in [0.05, 0.1) is 0 Å². The molecule has 0 N–H and O–H groups in total. The Morgan fingerprint density at radius 1 is 0.944 bits per heavy atom. The van der Waals surface area contributed by atoms with Crippen molar-refractivity contribution in [1.82, 2.24) is 0 Å². The molecule has 0 unspecified atom stereocenters. The van der Waals surface area contributed by atoms with Crippen LogP contribution in [0, 0.1) is 11.3 Å². The summed E-state index contributed by atoms with van der Waals surface area (Å²) in [5.41, 5.74) is 0.370. The fourth-order valence-electron chi connectivity index (χ4n) is 0.568. The summed E-state index contributed by atoms with van der Waals surface area (Å²) in [7, 11) is 0. The summed E-state index contributed by atoms with van der Waals surface area (Å²) in [6, 6.07) is 0. The molecule has 0 aliphatic heterocycles. The van der Waals surface area contributed by atoms with Gasteiger partial charge in [0.2, 0.25) is 0 Å². The molecule has 0 radical (unpaired) electrons. The third kappa shape index (κ3) is 70.7. The quantitative estimate of drug-likeness (QED) is 0.326. The topological polar surface area (TPSA) is 34.1 Å². The van der Waals surface area contributed by atoms with Crippen molar-refractivity contribution in [3.63, 3.8) is 0 Å². The Bertz CT molecular complexity index is 210. The molecule has 0 saturated carbocycles. The molecule has 0 aliphatic carbocycles. The van der Waals surface area contributed by atoms with Gasteiger partial charge in [0, 0.05) is 0 Å². The predicted molar refractivity (Wildman–Crippen MR) is 75.1 cm³/mol. The summed E-state index contributed by atoms with van der Waals surface area (Å²) in [5.74, 6) is 1.42. The van der Waals surface area contributed by atoms with Crippen LogP contribution < -0.4 is 51.4 Å². The molecule has 0 atom stereocenters. The van der Waals surface area contributed by atoms with Gasteiger partial charge in [-0.2, -0.15) is 20.8 Å². The van der Waals surface area contributed by atoms with E-state index in [4.69, 9.17) is 0 Å². The number of rotatable bonds is 2. The minimum absolute atomic E-state index is 0. The van der Waals surface area contributed by atoms with Gasteiger partial charge in [-0.05, 0) is 12.3 Å². The fraction of sp³-hybridized carbons (Fsp3) is 0.533. The second kappa shape index (κ2) is 19.8. The second-order valence-electron chi connectivity index (χ2n) is 4.94. The second-order valence-corrected chi connectivity index (χ2v) is 4.94. The summed E-state index contributed by atoms with van der Waals surface area (Å²) >= 11 is 0. The zero-order valence-corrected chi connectivity index (χ0v) is 16.2. The molecule has 0 saturated heterocycles. The van der Waals surface area contributed by atoms with Gasteiger partial charge in [-0.25, -0.2) is 0 Å². The van der Waals surface area contributed by atoms with Crippen LogP contribution in [0.2, 0.25) is 0 Å². The van der Waals surface area contributed by atoms with Crippen LogP contribution in [0.1, 0.15) is 48.5 Å². The van der Waals surface area contributed by atoms with Gasteiger partial charge in [-0.15, -0.1) is 12.6 Å². The molecule has 0 bridgehead atoms. The van der Waals surface area contributed by atoms with Gasteiger partial charge in [-0.1, -0.05) is 32.9 Å². The summed E-state index contributed by atoms with van der Waals surface area (Å²) in [5, 5.41) is 0. The molecule has 0 fully saturated rings. The Labute approximate surface area is 156 Å². The molecule has 0 spiro atoms. The SMILES string of the molecule is C/C=C/C(C)(C)C.C[C-](C)C.O=[C-]C=C[C-]=O.[K+]. The molecule has 0 aromatic carbocycles. The van der Waals surface area contributed by atoms with Gasteiger partial charge in [0.15, 0.2) is 0 Å². The number of carbonyl (C=O) groups excluding carboxylic acids is 2. The monoisotopic (exact) mass is 276 g/mol. The van der Waals surface area contributed by atoms with Crippen LogP contribution in [0.3, 0.4) is 0 Å². The van der Waals surface area contributed by atoms with Crippen molar-refractivity contribution in [2.45, 2.75) is 48.5 Å². The summed E-state index contributed by atoms with van der Waals surface area (Å²) in [4.78, 5) is 18.3. The van der Waals surface area contributed by atoms with E-state index in [1.165, 1.54) is 18.5 Å². The molecule has 18 heavy (non-hydrogen) atoms. The van der Waals surface area contributed by atoms with Crippen LogP contribution in [-0.4, -0.2) is 12.6 Å². The van der Waals surface area contributed by atoms with Gasteiger partial charge in [-0.3, -0.25) is 0 Å². The smallest absolute Gasteiger partial charge is 0.440 e. The first-order valence-electron chi connectivity index (χ1n) is 5.52. The average Bonchev–Trinajstić information content (AvgIpc) is 2.12. The van der Waals surface area contributed by atoms with Crippen molar-refractivity contribution in [3.05, 3.63) is 30.2 Å². The Morgan fingerprint density at radius 3 is 1.28 bits per heavy atom. The fourth-order valence-corrected chi connectivity index (χ4v) is 0.568. The van der Waals surface area contributed by atoms with E-state index in [1.807, 2.05) is 6.92 Å². The summed E-state index contributed by atoms with van der Waals surface area (Å²) < 4.78 is 0. The maximum Gasteiger partial charge on any atom is 1.00 e. The van der Waals surface area contributed by atoms with Crippen molar-refractivity contribution in [3.8, 4) is 0 Å². The van der Waals surface area contributed by atoms with E-state index in [1.54, 1.807) is 0 Å². The van der Waals surface area contributed by atoms with Crippen LogP contribution in [-0.2, 0) is 9.59 Å². The number of allylic oxidation sites excluding steroid dienone is 4. The molecular formula is C15H25KO2-2. The van der Waals surface area contributed by atoms with E-state index in [2.05, 4.69) is 53.7 Å². The molecule has 0 heterocycles. The van der Waals surface area contributed by atoms with Gasteiger partial charge in [0.25, 0.3) is 0 Å². The zero-order chi connectivity index (χ0) is 14.3. The van der Waals surface area contributed by atoms with E-state index in [9.17, 15) is 9.59 Å². The molecule has 0 aliphatic rings. The van der Waals surface area contributed by atoms with Crippen LogP contribution >= 0.6 is 0 Å². The normalized spacial score (nSPS) is 10.0. The molecule has 2 nitrogen and oxygen atoms in total. The first-order chi connectivity index (χ1) is 7.71. The number of hydrogen-bond donors (Lipinski definition) is 0. The summed E-state index contributed by atoms with van der Waals surface area (Å²) in [6.45, 7) is 14.9. The molecule has 0 amide bonds. The van der Waals surface area contributed by atoms with E-state index in [0.29, 0.717) is 5.41 Å². The maximum absolute atomic E-state index is 9.17.